The Morgan fingerprint density at radius 2 is 1.88 bits per heavy atom. The molecule has 0 aliphatic carbocycles. The van der Waals surface area contributed by atoms with Gasteiger partial charge in [0.05, 0.1) is 0 Å². The number of nitrogens with one attached hydrogen (secondary N) is 1. The van der Waals surface area contributed by atoms with E-state index in [9.17, 15) is 0 Å². The van der Waals surface area contributed by atoms with Crippen LogP contribution in [-0.4, -0.2) is 37.1 Å². The fraction of sp³-hybridized carbons (Fsp3) is 1.00. The maximum absolute atomic E-state index is 3.57. The van der Waals surface area contributed by atoms with Crippen molar-refractivity contribution in [2.24, 2.45) is 11.8 Å². The average molecular weight is 226 g/mol. The third-order valence-corrected chi connectivity index (χ3v) is 3.70. The third kappa shape index (κ3) is 5.31. The molecule has 1 aliphatic heterocycles. The molecule has 0 aromatic rings. The summed E-state index contributed by atoms with van der Waals surface area (Å²) in [7, 11) is 0. The fourth-order valence-corrected chi connectivity index (χ4v) is 2.77. The predicted octanol–water partition coefficient (Wildman–Crippen LogP) is 2.74. The highest BCUT2D eigenvalue weighted by Crippen LogP contribution is 2.20. The van der Waals surface area contributed by atoms with Crippen LogP contribution in [-0.2, 0) is 0 Å². The molecule has 3 atom stereocenters. The van der Waals surface area contributed by atoms with Gasteiger partial charge in [-0.25, -0.2) is 0 Å². The van der Waals surface area contributed by atoms with Gasteiger partial charge in [0.1, 0.15) is 0 Å². The Balaban J connectivity index is 2.08. The fourth-order valence-electron chi connectivity index (χ4n) is 2.77. The molecule has 1 saturated heterocycles. The summed E-state index contributed by atoms with van der Waals surface area (Å²) in [5, 5.41) is 3.57. The molecule has 1 rings (SSSR count). The molecule has 0 spiro atoms. The standard InChI is InChI=1S/C14H30N2/c1-5-14(4)15-7-6-8-16-10-12(2)9-13(3)11-16/h12-15H,5-11H2,1-4H3. The molecule has 0 aromatic carbocycles. The highest BCUT2D eigenvalue weighted by molar-refractivity contribution is 4.74. The quantitative estimate of drug-likeness (QED) is 0.701. The molecule has 0 bridgehead atoms. The van der Waals surface area contributed by atoms with Gasteiger partial charge in [-0.3, -0.25) is 0 Å². The molecular formula is C14H30N2. The molecule has 0 aromatic heterocycles. The van der Waals surface area contributed by atoms with Gasteiger partial charge in [0.15, 0.2) is 0 Å². The molecule has 0 radical (unpaired) electrons. The molecule has 2 heteroatoms. The first kappa shape index (κ1) is 14.0. The Morgan fingerprint density at radius 3 is 2.44 bits per heavy atom. The van der Waals surface area contributed by atoms with Crippen LogP contribution in [0.5, 0.6) is 0 Å². The zero-order chi connectivity index (χ0) is 12.0. The van der Waals surface area contributed by atoms with Crippen LogP contribution in [0.15, 0.2) is 0 Å². The van der Waals surface area contributed by atoms with Crippen molar-refractivity contribution in [3.63, 3.8) is 0 Å². The van der Waals surface area contributed by atoms with Crippen molar-refractivity contribution < 1.29 is 0 Å². The van der Waals surface area contributed by atoms with Gasteiger partial charge in [0.2, 0.25) is 0 Å². The van der Waals surface area contributed by atoms with E-state index in [0.717, 1.165) is 11.8 Å². The lowest BCUT2D eigenvalue weighted by Gasteiger charge is -2.35. The van der Waals surface area contributed by atoms with Gasteiger partial charge < -0.3 is 10.2 Å². The molecular weight excluding hydrogens is 196 g/mol. The van der Waals surface area contributed by atoms with Crippen molar-refractivity contribution in [1.82, 2.24) is 10.2 Å². The number of likely N-dealkylation sites (tertiary alicyclic amines) is 1. The minimum absolute atomic E-state index is 0.680. The van der Waals surface area contributed by atoms with Gasteiger partial charge >= 0.3 is 0 Å². The van der Waals surface area contributed by atoms with Crippen molar-refractivity contribution in [1.29, 1.82) is 0 Å². The van der Waals surface area contributed by atoms with E-state index in [1.165, 1.54) is 45.4 Å². The molecule has 1 fully saturated rings. The van der Waals surface area contributed by atoms with E-state index in [4.69, 9.17) is 0 Å². The van der Waals surface area contributed by atoms with Gasteiger partial charge in [-0.2, -0.15) is 0 Å². The van der Waals surface area contributed by atoms with Crippen molar-refractivity contribution in [3.8, 4) is 0 Å². The van der Waals surface area contributed by atoms with Crippen molar-refractivity contribution >= 4 is 0 Å². The topological polar surface area (TPSA) is 15.3 Å². The zero-order valence-corrected chi connectivity index (χ0v) is 11.6. The van der Waals surface area contributed by atoms with Gasteiger partial charge in [0.25, 0.3) is 0 Å². The van der Waals surface area contributed by atoms with Gasteiger partial charge in [-0.05, 0) is 51.1 Å². The maximum Gasteiger partial charge on any atom is 0.00361 e. The van der Waals surface area contributed by atoms with Crippen LogP contribution in [0.2, 0.25) is 0 Å². The van der Waals surface area contributed by atoms with E-state index in [0.29, 0.717) is 6.04 Å². The third-order valence-electron chi connectivity index (χ3n) is 3.70. The van der Waals surface area contributed by atoms with Crippen LogP contribution < -0.4 is 5.32 Å². The monoisotopic (exact) mass is 226 g/mol. The molecule has 0 amide bonds. The number of piperidine rings is 1. The minimum Gasteiger partial charge on any atom is -0.314 e. The van der Waals surface area contributed by atoms with E-state index in [1.54, 1.807) is 0 Å². The molecule has 16 heavy (non-hydrogen) atoms. The normalized spacial score (nSPS) is 29.2. The number of nitrogens with zero attached hydrogens (tertiary/aromatic N) is 1. The number of hydrogen-bond acceptors (Lipinski definition) is 2. The lowest BCUT2D eigenvalue weighted by molar-refractivity contribution is 0.139. The lowest BCUT2D eigenvalue weighted by atomic mass is 9.92. The Bertz CT molecular complexity index is 172. The summed E-state index contributed by atoms with van der Waals surface area (Å²) in [5.74, 6) is 1.79. The number of hydrogen-bond donors (Lipinski definition) is 1. The predicted molar refractivity (Wildman–Crippen MR) is 71.8 cm³/mol. The van der Waals surface area contributed by atoms with Crippen LogP contribution in [0, 0.1) is 11.8 Å². The summed E-state index contributed by atoms with van der Waals surface area (Å²) in [6, 6.07) is 0.680. The first-order valence-corrected chi connectivity index (χ1v) is 7.07. The molecule has 1 N–H and O–H groups in total. The van der Waals surface area contributed by atoms with Gasteiger partial charge in [-0.15, -0.1) is 0 Å². The van der Waals surface area contributed by atoms with E-state index in [1.807, 2.05) is 0 Å². The largest absolute Gasteiger partial charge is 0.314 e. The molecule has 1 heterocycles. The number of rotatable bonds is 6. The zero-order valence-electron chi connectivity index (χ0n) is 11.6. The van der Waals surface area contributed by atoms with Crippen molar-refractivity contribution in [3.05, 3.63) is 0 Å². The molecule has 2 nitrogen and oxygen atoms in total. The first-order chi connectivity index (χ1) is 7.61. The second-order valence-corrected chi connectivity index (χ2v) is 5.82. The molecule has 1 aliphatic rings. The van der Waals surface area contributed by atoms with Crippen LogP contribution in [0.1, 0.15) is 47.0 Å². The smallest absolute Gasteiger partial charge is 0.00361 e. The van der Waals surface area contributed by atoms with Crippen LogP contribution in [0.3, 0.4) is 0 Å². The van der Waals surface area contributed by atoms with Crippen LogP contribution in [0.25, 0.3) is 0 Å². The van der Waals surface area contributed by atoms with E-state index in [-0.39, 0.29) is 0 Å². The van der Waals surface area contributed by atoms with Crippen molar-refractivity contribution in [2.45, 2.75) is 53.0 Å². The summed E-state index contributed by atoms with van der Waals surface area (Å²) < 4.78 is 0. The van der Waals surface area contributed by atoms with Crippen molar-refractivity contribution in [2.75, 3.05) is 26.2 Å². The lowest BCUT2D eigenvalue weighted by Crippen LogP contribution is -2.40. The Kier molecular flexibility index (Phi) is 6.37. The van der Waals surface area contributed by atoms with Gasteiger partial charge in [-0.1, -0.05) is 20.8 Å². The summed E-state index contributed by atoms with van der Waals surface area (Å²) in [6.45, 7) is 14.4. The Labute approximate surface area is 102 Å². The van der Waals surface area contributed by atoms with E-state index >= 15 is 0 Å². The highest BCUT2D eigenvalue weighted by atomic mass is 15.1. The second-order valence-electron chi connectivity index (χ2n) is 5.82. The maximum atomic E-state index is 3.57. The summed E-state index contributed by atoms with van der Waals surface area (Å²) in [6.07, 6.45) is 3.95. The van der Waals surface area contributed by atoms with E-state index in [2.05, 4.69) is 37.9 Å². The molecule has 96 valence electrons. The molecule has 3 unspecified atom stereocenters. The Hall–Kier alpha value is -0.0800. The molecule has 0 saturated carbocycles. The van der Waals surface area contributed by atoms with Crippen LogP contribution in [0.4, 0.5) is 0 Å². The van der Waals surface area contributed by atoms with E-state index < -0.39 is 0 Å². The summed E-state index contributed by atoms with van der Waals surface area (Å²) in [5.41, 5.74) is 0. The second kappa shape index (κ2) is 7.29. The first-order valence-electron chi connectivity index (χ1n) is 7.07. The highest BCUT2D eigenvalue weighted by Gasteiger charge is 2.20. The minimum atomic E-state index is 0.680. The summed E-state index contributed by atoms with van der Waals surface area (Å²) >= 11 is 0. The summed E-state index contributed by atoms with van der Waals surface area (Å²) in [4.78, 5) is 2.65. The SMILES string of the molecule is CCC(C)NCCCN1CC(C)CC(C)C1. The van der Waals surface area contributed by atoms with Gasteiger partial charge in [0, 0.05) is 19.1 Å². The Morgan fingerprint density at radius 1 is 1.25 bits per heavy atom. The van der Waals surface area contributed by atoms with Crippen LogP contribution >= 0.6 is 0 Å². The average Bonchev–Trinajstić information content (AvgIpc) is 2.22.